The number of fused-ring (bicyclic) bond motifs is 1. The van der Waals surface area contributed by atoms with Gasteiger partial charge in [0, 0.05) is 39.3 Å². The van der Waals surface area contributed by atoms with Gasteiger partial charge in [0.25, 0.3) is 0 Å². The molecule has 4 rings (SSSR count). The third-order valence-electron chi connectivity index (χ3n) is 4.66. The maximum absolute atomic E-state index is 5.99. The molecule has 1 heterocycles. The van der Waals surface area contributed by atoms with Gasteiger partial charge in [-0.2, -0.15) is 0 Å². The Bertz CT molecular complexity index is 1030. The molecule has 3 aromatic carbocycles. The molecule has 1 aromatic heterocycles. The number of hydrogen-bond acceptors (Lipinski definition) is 1. The van der Waals surface area contributed by atoms with Crippen LogP contribution in [0, 0.1) is 6.92 Å². The van der Waals surface area contributed by atoms with Crippen LogP contribution in [0.1, 0.15) is 16.7 Å². The zero-order valence-electron chi connectivity index (χ0n) is 14.7. The number of halogens is 1. The number of aryl methyl sites for hydroxylation is 1. The molecule has 26 heavy (non-hydrogen) atoms. The molecule has 0 bridgehead atoms. The van der Waals surface area contributed by atoms with Crippen LogP contribution in [0.15, 0.2) is 83.9 Å². The number of aromatic nitrogens is 1. The predicted molar refractivity (Wildman–Crippen MR) is 113 cm³/mol. The zero-order chi connectivity index (χ0) is 17.9. The predicted octanol–water partition coefficient (Wildman–Crippen LogP) is 6.94. The van der Waals surface area contributed by atoms with Gasteiger partial charge in [0.05, 0.1) is 0 Å². The normalized spacial score (nSPS) is 11.2. The fraction of sp³-hybridized carbons (Fsp3) is 0.130. The highest BCUT2D eigenvalue weighted by atomic mass is 35.5. The summed E-state index contributed by atoms with van der Waals surface area (Å²) in [5, 5.41) is 2.11. The average molecular weight is 378 g/mol. The zero-order valence-corrected chi connectivity index (χ0v) is 16.2. The molecule has 130 valence electrons. The molecular weight excluding hydrogens is 358 g/mol. The van der Waals surface area contributed by atoms with Crippen molar-refractivity contribution >= 4 is 34.3 Å². The molecule has 0 atom stereocenters. The Kier molecular flexibility index (Phi) is 5.05. The lowest BCUT2D eigenvalue weighted by molar-refractivity contribution is 0.824. The summed E-state index contributed by atoms with van der Waals surface area (Å²) in [6.45, 7) is 3.08. The van der Waals surface area contributed by atoms with Crippen molar-refractivity contribution < 1.29 is 0 Å². The molecule has 0 N–H and O–H groups in total. The topological polar surface area (TPSA) is 4.93 Å². The highest BCUT2D eigenvalue weighted by Gasteiger charge is 2.10. The van der Waals surface area contributed by atoms with Crippen molar-refractivity contribution in [2.45, 2.75) is 24.1 Å². The Balaban J connectivity index is 1.63. The molecule has 0 aliphatic rings. The lowest BCUT2D eigenvalue weighted by Gasteiger charge is -2.08. The maximum atomic E-state index is 5.99. The fourth-order valence-corrected chi connectivity index (χ4v) is 4.34. The molecule has 0 saturated heterocycles. The molecule has 1 nitrogen and oxygen atoms in total. The second-order valence-electron chi connectivity index (χ2n) is 6.48. The second-order valence-corrected chi connectivity index (χ2v) is 7.93. The molecular formula is C23H20ClNS. The molecule has 0 amide bonds. The van der Waals surface area contributed by atoms with Gasteiger partial charge in [-0.05, 0) is 41.8 Å². The van der Waals surface area contributed by atoms with E-state index in [1.807, 2.05) is 23.9 Å². The van der Waals surface area contributed by atoms with E-state index < -0.39 is 0 Å². The number of benzene rings is 3. The highest BCUT2D eigenvalue weighted by Crippen LogP contribution is 2.33. The third-order valence-corrected chi connectivity index (χ3v) is 6.03. The van der Waals surface area contributed by atoms with E-state index in [0.29, 0.717) is 0 Å². The van der Waals surface area contributed by atoms with E-state index in [0.717, 1.165) is 17.3 Å². The van der Waals surface area contributed by atoms with Gasteiger partial charge in [0.2, 0.25) is 0 Å². The van der Waals surface area contributed by atoms with Crippen molar-refractivity contribution in [1.82, 2.24) is 4.57 Å². The summed E-state index contributed by atoms with van der Waals surface area (Å²) in [6.07, 6.45) is 2.29. The summed E-state index contributed by atoms with van der Waals surface area (Å²) in [6, 6.07) is 25.4. The minimum absolute atomic E-state index is 0.786. The van der Waals surface area contributed by atoms with E-state index in [4.69, 9.17) is 11.6 Å². The Hall–Kier alpha value is -2.16. The molecule has 0 saturated carbocycles. The monoisotopic (exact) mass is 377 g/mol. The van der Waals surface area contributed by atoms with Crippen LogP contribution in [0.25, 0.3) is 10.9 Å². The van der Waals surface area contributed by atoms with Crippen molar-refractivity contribution in [3.63, 3.8) is 0 Å². The third kappa shape index (κ3) is 3.67. The Labute approximate surface area is 163 Å². The van der Waals surface area contributed by atoms with Crippen LogP contribution in [0.4, 0.5) is 0 Å². The number of nitrogens with zero attached hydrogens (tertiary/aromatic N) is 1. The van der Waals surface area contributed by atoms with E-state index in [1.54, 1.807) is 0 Å². The summed E-state index contributed by atoms with van der Waals surface area (Å²) in [5.74, 6) is 0.940. The van der Waals surface area contributed by atoms with Gasteiger partial charge in [-0.25, -0.2) is 0 Å². The standard InChI is InChI=1S/C23H20ClNS/c1-17-6-2-3-7-19(17)14-25-15-23(21-8-4-5-9-22(21)25)26-16-18-10-12-20(24)13-11-18/h2-13,15H,14,16H2,1H3. The van der Waals surface area contributed by atoms with Gasteiger partial charge in [-0.15, -0.1) is 11.8 Å². The highest BCUT2D eigenvalue weighted by molar-refractivity contribution is 7.98. The van der Waals surface area contributed by atoms with Crippen molar-refractivity contribution in [3.05, 3.63) is 101 Å². The largest absolute Gasteiger partial charge is 0.342 e. The summed E-state index contributed by atoms with van der Waals surface area (Å²) in [4.78, 5) is 1.32. The molecule has 0 aliphatic heterocycles. The van der Waals surface area contributed by atoms with Crippen LogP contribution in [0.5, 0.6) is 0 Å². The smallest absolute Gasteiger partial charge is 0.0495 e. The minimum atomic E-state index is 0.786. The second kappa shape index (κ2) is 7.61. The van der Waals surface area contributed by atoms with E-state index in [2.05, 4.69) is 78.4 Å². The van der Waals surface area contributed by atoms with Gasteiger partial charge in [-0.3, -0.25) is 0 Å². The first-order valence-corrected chi connectivity index (χ1v) is 10.1. The first-order chi connectivity index (χ1) is 12.7. The number of para-hydroxylation sites is 1. The molecule has 0 spiro atoms. The molecule has 0 unspecified atom stereocenters. The Morgan fingerprint density at radius 1 is 0.885 bits per heavy atom. The van der Waals surface area contributed by atoms with Crippen molar-refractivity contribution in [3.8, 4) is 0 Å². The van der Waals surface area contributed by atoms with Gasteiger partial charge >= 0.3 is 0 Å². The molecule has 0 aliphatic carbocycles. The van der Waals surface area contributed by atoms with Gasteiger partial charge < -0.3 is 4.57 Å². The number of thioether (sulfide) groups is 1. The minimum Gasteiger partial charge on any atom is -0.342 e. The van der Waals surface area contributed by atoms with Gasteiger partial charge in [-0.1, -0.05) is 66.2 Å². The number of rotatable bonds is 5. The van der Waals surface area contributed by atoms with Gasteiger partial charge in [0.1, 0.15) is 0 Å². The first-order valence-electron chi connectivity index (χ1n) is 8.70. The van der Waals surface area contributed by atoms with Gasteiger partial charge in [0.15, 0.2) is 0 Å². The van der Waals surface area contributed by atoms with E-state index in [9.17, 15) is 0 Å². The van der Waals surface area contributed by atoms with E-state index >= 15 is 0 Å². The lowest BCUT2D eigenvalue weighted by Crippen LogP contribution is -1.99. The SMILES string of the molecule is Cc1ccccc1Cn1cc(SCc2ccc(Cl)cc2)c2ccccc21. The molecule has 4 aromatic rings. The fourth-order valence-electron chi connectivity index (χ4n) is 3.17. The molecule has 0 fully saturated rings. The lowest BCUT2D eigenvalue weighted by atomic mass is 10.1. The van der Waals surface area contributed by atoms with Crippen LogP contribution in [0.3, 0.4) is 0 Å². The van der Waals surface area contributed by atoms with Crippen LogP contribution >= 0.6 is 23.4 Å². The Morgan fingerprint density at radius 3 is 2.42 bits per heavy atom. The summed E-state index contributed by atoms with van der Waals surface area (Å²) < 4.78 is 2.36. The van der Waals surface area contributed by atoms with Crippen molar-refractivity contribution in [2.24, 2.45) is 0 Å². The quantitative estimate of drug-likeness (QED) is 0.341. The summed E-state index contributed by atoms with van der Waals surface area (Å²) in [5.41, 5.74) is 5.27. The average Bonchev–Trinajstić information content (AvgIpc) is 3.01. The molecule has 0 radical (unpaired) electrons. The first kappa shape index (κ1) is 17.3. The Morgan fingerprint density at radius 2 is 1.62 bits per heavy atom. The maximum Gasteiger partial charge on any atom is 0.0495 e. The van der Waals surface area contributed by atoms with Crippen LogP contribution < -0.4 is 0 Å². The summed E-state index contributed by atoms with van der Waals surface area (Å²) >= 11 is 7.87. The van der Waals surface area contributed by atoms with Crippen LogP contribution in [-0.2, 0) is 12.3 Å². The summed E-state index contributed by atoms with van der Waals surface area (Å²) in [7, 11) is 0. The van der Waals surface area contributed by atoms with Crippen LogP contribution in [0.2, 0.25) is 5.02 Å². The molecule has 3 heteroatoms. The number of hydrogen-bond donors (Lipinski definition) is 0. The van der Waals surface area contributed by atoms with Crippen LogP contribution in [-0.4, -0.2) is 4.57 Å². The van der Waals surface area contributed by atoms with E-state index in [1.165, 1.54) is 32.5 Å². The van der Waals surface area contributed by atoms with Crippen molar-refractivity contribution in [1.29, 1.82) is 0 Å². The van der Waals surface area contributed by atoms with E-state index in [-0.39, 0.29) is 0 Å². The van der Waals surface area contributed by atoms with Crippen molar-refractivity contribution in [2.75, 3.05) is 0 Å².